The molecule has 8 nitrogen and oxygen atoms in total. The fourth-order valence-corrected chi connectivity index (χ4v) is 3.26. The smallest absolute Gasteiger partial charge is 0.263 e. The van der Waals surface area contributed by atoms with Crippen LogP contribution in [0.15, 0.2) is 64.9 Å². The number of nitrogens with zero attached hydrogens (tertiary/aromatic N) is 4. The first kappa shape index (κ1) is 16.9. The summed E-state index contributed by atoms with van der Waals surface area (Å²) in [7, 11) is 0. The molecule has 2 aliphatic rings. The Bertz CT molecular complexity index is 943. The molecule has 8 heteroatoms. The summed E-state index contributed by atoms with van der Waals surface area (Å²) < 4.78 is 0. The SMILES string of the molecule is Cc1cccc(NC(=O)CN2N=N[C@H]3C(=O)N(c4ccccc4)C(=O)[C@H]32)c1. The number of anilines is 2. The molecular formula is C19H17N5O3. The lowest BCUT2D eigenvalue weighted by atomic mass is 10.1. The van der Waals surface area contributed by atoms with E-state index in [9.17, 15) is 14.4 Å². The molecule has 0 aromatic heterocycles. The van der Waals surface area contributed by atoms with Gasteiger partial charge in [-0.2, -0.15) is 5.11 Å². The molecule has 4 rings (SSSR count). The van der Waals surface area contributed by atoms with E-state index in [4.69, 9.17) is 0 Å². The standard InChI is InChI=1S/C19H17N5O3/c1-12-6-5-7-13(10-12)20-15(25)11-23-17-16(21-22-23)18(26)24(19(17)27)14-8-3-2-4-9-14/h2-10,16-17H,11H2,1H3,(H,20,25)/t16-,17+/m1/s1. The van der Waals surface area contributed by atoms with Gasteiger partial charge in [0.2, 0.25) is 5.91 Å². The van der Waals surface area contributed by atoms with Crippen molar-refractivity contribution in [3.8, 4) is 0 Å². The van der Waals surface area contributed by atoms with Gasteiger partial charge in [0.15, 0.2) is 12.1 Å². The highest BCUT2D eigenvalue weighted by Gasteiger charge is 2.55. The molecule has 1 saturated heterocycles. The summed E-state index contributed by atoms with van der Waals surface area (Å²) in [5.41, 5.74) is 2.16. The van der Waals surface area contributed by atoms with E-state index in [2.05, 4.69) is 15.7 Å². The van der Waals surface area contributed by atoms with Crippen LogP contribution < -0.4 is 10.2 Å². The Morgan fingerprint density at radius 3 is 2.59 bits per heavy atom. The fourth-order valence-electron chi connectivity index (χ4n) is 3.26. The van der Waals surface area contributed by atoms with Crippen LogP contribution in [-0.4, -0.2) is 41.4 Å². The topological polar surface area (TPSA) is 94.4 Å². The van der Waals surface area contributed by atoms with Gasteiger partial charge in [-0.25, -0.2) is 4.90 Å². The van der Waals surface area contributed by atoms with E-state index in [1.807, 2.05) is 25.1 Å². The molecule has 2 heterocycles. The predicted octanol–water partition coefficient (Wildman–Crippen LogP) is 1.93. The second-order valence-corrected chi connectivity index (χ2v) is 6.46. The molecule has 0 saturated carbocycles. The molecule has 136 valence electrons. The number of rotatable bonds is 4. The van der Waals surface area contributed by atoms with Crippen LogP contribution in [0.4, 0.5) is 11.4 Å². The number of fused-ring (bicyclic) bond motifs is 1. The molecule has 0 aliphatic carbocycles. The van der Waals surface area contributed by atoms with Crippen LogP contribution in [0.3, 0.4) is 0 Å². The molecule has 3 amide bonds. The summed E-state index contributed by atoms with van der Waals surface area (Å²) in [6, 6.07) is 14.3. The first-order valence-electron chi connectivity index (χ1n) is 8.51. The maximum atomic E-state index is 12.8. The maximum absolute atomic E-state index is 12.8. The minimum atomic E-state index is -0.913. The summed E-state index contributed by atoms with van der Waals surface area (Å²) in [4.78, 5) is 38.8. The summed E-state index contributed by atoms with van der Waals surface area (Å²) in [6.45, 7) is 1.76. The third-order valence-corrected chi connectivity index (χ3v) is 4.48. The van der Waals surface area contributed by atoms with Gasteiger partial charge in [0.1, 0.15) is 6.54 Å². The monoisotopic (exact) mass is 363 g/mol. The number of aryl methyl sites for hydroxylation is 1. The van der Waals surface area contributed by atoms with E-state index < -0.39 is 23.9 Å². The van der Waals surface area contributed by atoms with Crippen LogP contribution in [0.1, 0.15) is 5.56 Å². The van der Waals surface area contributed by atoms with Gasteiger partial charge >= 0.3 is 0 Å². The highest BCUT2D eigenvalue weighted by atomic mass is 16.2. The van der Waals surface area contributed by atoms with Crippen molar-refractivity contribution in [3.05, 3.63) is 60.2 Å². The van der Waals surface area contributed by atoms with E-state index in [1.54, 1.807) is 36.4 Å². The van der Waals surface area contributed by atoms with E-state index in [1.165, 1.54) is 5.01 Å². The molecule has 2 aliphatic heterocycles. The first-order valence-corrected chi connectivity index (χ1v) is 8.51. The lowest BCUT2D eigenvalue weighted by Crippen LogP contribution is -2.43. The molecular weight excluding hydrogens is 346 g/mol. The van der Waals surface area contributed by atoms with E-state index >= 15 is 0 Å². The molecule has 2 aromatic rings. The van der Waals surface area contributed by atoms with Gasteiger partial charge in [-0.1, -0.05) is 35.6 Å². The van der Waals surface area contributed by atoms with Crippen molar-refractivity contribution in [2.45, 2.75) is 19.0 Å². The van der Waals surface area contributed by atoms with Crippen molar-refractivity contribution in [1.82, 2.24) is 5.01 Å². The minimum Gasteiger partial charge on any atom is -0.324 e. The molecule has 27 heavy (non-hydrogen) atoms. The highest BCUT2D eigenvalue weighted by Crippen LogP contribution is 2.31. The quantitative estimate of drug-likeness (QED) is 0.840. The average Bonchev–Trinajstić information content (AvgIpc) is 3.16. The minimum absolute atomic E-state index is 0.166. The largest absolute Gasteiger partial charge is 0.324 e. The number of carbonyl (C=O) groups is 3. The number of benzene rings is 2. The number of imide groups is 1. The van der Waals surface area contributed by atoms with Gasteiger partial charge < -0.3 is 5.32 Å². The Hall–Kier alpha value is -3.55. The zero-order valence-electron chi connectivity index (χ0n) is 14.6. The van der Waals surface area contributed by atoms with Gasteiger partial charge in [-0.3, -0.25) is 19.4 Å². The van der Waals surface area contributed by atoms with Gasteiger partial charge in [0, 0.05) is 5.69 Å². The van der Waals surface area contributed by atoms with Gasteiger partial charge in [-0.05, 0) is 36.8 Å². The number of carbonyl (C=O) groups excluding carboxylic acids is 3. The maximum Gasteiger partial charge on any atom is 0.263 e. The first-order chi connectivity index (χ1) is 13.0. The van der Waals surface area contributed by atoms with Gasteiger partial charge in [-0.15, -0.1) is 0 Å². The molecule has 1 fully saturated rings. The van der Waals surface area contributed by atoms with Crippen LogP contribution in [0.2, 0.25) is 0 Å². The van der Waals surface area contributed by atoms with Crippen LogP contribution >= 0.6 is 0 Å². The number of para-hydroxylation sites is 1. The van der Waals surface area contributed by atoms with Crippen molar-refractivity contribution < 1.29 is 14.4 Å². The van der Waals surface area contributed by atoms with Crippen molar-refractivity contribution in [3.63, 3.8) is 0 Å². The third-order valence-electron chi connectivity index (χ3n) is 4.48. The fraction of sp³-hybridized carbons (Fsp3) is 0.211. The second kappa shape index (κ2) is 6.64. The molecule has 0 spiro atoms. The lowest BCUT2D eigenvalue weighted by molar-refractivity contribution is -0.123. The molecule has 0 unspecified atom stereocenters. The highest BCUT2D eigenvalue weighted by molar-refractivity contribution is 6.25. The number of amides is 3. The molecule has 0 radical (unpaired) electrons. The van der Waals surface area contributed by atoms with Gasteiger partial charge in [0.05, 0.1) is 5.69 Å². The Balaban J connectivity index is 1.48. The molecule has 2 atom stereocenters. The number of hydrogen-bond donors (Lipinski definition) is 1. The van der Waals surface area contributed by atoms with Crippen molar-refractivity contribution in [1.29, 1.82) is 0 Å². The summed E-state index contributed by atoms with van der Waals surface area (Å²) in [5.74, 6) is -1.19. The molecule has 1 N–H and O–H groups in total. The van der Waals surface area contributed by atoms with Crippen LogP contribution in [-0.2, 0) is 14.4 Å². The van der Waals surface area contributed by atoms with Crippen LogP contribution in [0.5, 0.6) is 0 Å². The van der Waals surface area contributed by atoms with E-state index in [0.29, 0.717) is 11.4 Å². The van der Waals surface area contributed by atoms with E-state index in [0.717, 1.165) is 10.5 Å². The summed E-state index contributed by atoms with van der Waals surface area (Å²) >= 11 is 0. The van der Waals surface area contributed by atoms with Crippen molar-refractivity contribution in [2.75, 3.05) is 16.8 Å². The zero-order chi connectivity index (χ0) is 19.0. The Morgan fingerprint density at radius 2 is 1.85 bits per heavy atom. The normalized spacial score (nSPS) is 20.9. The summed E-state index contributed by atoms with van der Waals surface area (Å²) in [5, 5.41) is 11.8. The van der Waals surface area contributed by atoms with Gasteiger partial charge in [0.25, 0.3) is 11.8 Å². The summed E-state index contributed by atoms with van der Waals surface area (Å²) in [6.07, 6.45) is 0. The Kier molecular flexibility index (Phi) is 4.15. The number of nitrogens with one attached hydrogen (secondary N) is 1. The van der Waals surface area contributed by atoms with Crippen LogP contribution in [0.25, 0.3) is 0 Å². The third kappa shape index (κ3) is 3.05. The zero-order valence-corrected chi connectivity index (χ0v) is 14.6. The number of hydrogen-bond acceptors (Lipinski definition) is 6. The van der Waals surface area contributed by atoms with Crippen molar-refractivity contribution in [2.24, 2.45) is 10.3 Å². The lowest BCUT2D eigenvalue weighted by Gasteiger charge is -2.20. The second-order valence-electron chi connectivity index (χ2n) is 6.46. The Labute approximate surface area is 155 Å². The van der Waals surface area contributed by atoms with E-state index in [-0.39, 0.29) is 12.5 Å². The average molecular weight is 363 g/mol. The predicted molar refractivity (Wildman–Crippen MR) is 97.9 cm³/mol. The molecule has 0 bridgehead atoms. The van der Waals surface area contributed by atoms with Crippen molar-refractivity contribution >= 4 is 29.1 Å². The molecule has 2 aromatic carbocycles. The van der Waals surface area contributed by atoms with Crippen LogP contribution in [0, 0.1) is 6.92 Å². The Morgan fingerprint density at radius 1 is 1.07 bits per heavy atom.